The summed E-state index contributed by atoms with van der Waals surface area (Å²) >= 11 is 1.24. The highest BCUT2D eigenvalue weighted by atomic mass is 32.1. The summed E-state index contributed by atoms with van der Waals surface area (Å²) in [5, 5.41) is 22.9. The van der Waals surface area contributed by atoms with E-state index >= 15 is 0 Å². The molecule has 1 aromatic heterocycles. The number of hydrogen-bond acceptors (Lipinski definition) is 5. The molecule has 2 rings (SSSR count). The first-order chi connectivity index (χ1) is 8.52. The Kier molecular flexibility index (Phi) is 3.46. The lowest BCUT2D eigenvalue weighted by atomic mass is 9.98. The number of carbonyl (C=O) groups is 2. The van der Waals surface area contributed by atoms with Gasteiger partial charge in [0.05, 0.1) is 0 Å². The average molecular weight is 270 g/mol. The van der Waals surface area contributed by atoms with Gasteiger partial charge >= 0.3 is 12.0 Å². The smallest absolute Gasteiger partial charge is 0.329 e. The van der Waals surface area contributed by atoms with Crippen molar-refractivity contribution in [3.63, 3.8) is 0 Å². The summed E-state index contributed by atoms with van der Waals surface area (Å²) in [5.41, 5.74) is -1.14. The molecule has 98 valence electrons. The van der Waals surface area contributed by atoms with Gasteiger partial charge in [0.1, 0.15) is 10.5 Å². The van der Waals surface area contributed by atoms with Crippen molar-refractivity contribution in [2.24, 2.45) is 0 Å². The summed E-state index contributed by atoms with van der Waals surface area (Å²) in [6.45, 7) is 1.77. The SMILES string of the molecule is Cc1nnc(NC(=O)NC2(C(=O)O)CCCC2)s1. The monoisotopic (exact) mass is 270 g/mol. The molecule has 0 aromatic carbocycles. The van der Waals surface area contributed by atoms with Crippen LogP contribution in [-0.2, 0) is 4.79 Å². The van der Waals surface area contributed by atoms with Crippen LogP contribution in [0.5, 0.6) is 0 Å². The molecule has 0 spiro atoms. The summed E-state index contributed by atoms with van der Waals surface area (Å²) in [7, 11) is 0. The van der Waals surface area contributed by atoms with Crippen LogP contribution in [0, 0.1) is 6.92 Å². The van der Waals surface area contributed by atoms with Crippen molar-refractivity contribution in [3.05, 3.63) is 5.01 Å². The Labute approximate surface area is 108 Å². The highest BCUT2D eigenvalue weighted by Gasteiger charge is 2.42. The number of carboxylic acids is 1. The first-order valence-corrected chi connectivity index (χ1v) is 6.46. The van der Waals surface area contributed by atoms with E-state index in [1.54, 1.807) is 6.92 Å². The molecule has 8 heteroatoms. The number of carbonyl (C=O) groups excluding carboxylic acids is 1. The number of nitrogens with one attached hydrogen (secondary N) is 2. The Balaban J connectivity index is 1.99. The van der Waals surface area contributed by atoms with Crippen LogP contribution in [0.3, 0.4) is 0 Å². The van der Waals surface area contributed by atoms with Crippen molar-refractivity contribution in [2.75, 3.05) is 5.32 Å². The molecule has 0 atom stereocenters. The lowest BCUT2D eigenvalue weighted by Crippen LogP contribution is -2.53. The molecule has 0 bridgehead atoms. The molecule has 2 amide bonds. The molecule has 0 aliphatic heterocycles. The lowest BCUT2D eigenvalue weighted by molar-refractivity contribution is -0.144. The predicted molar refractivity (Wildman–Crippen MR) is 65.6 cm³/mol. The van der Waals surface area contributed by atoms with Gasteiger partial charge in [0.25, 0.3) is 0 Å². The number of amides is 2. The van der Waals surface area contributed by atoms with Crippen molar-refractivity contribution in [3.8, 4) is 0 Å². The Hall–Kier alpha value is -1.70. The van der Waals surface area contributed by atoms with Gasteiger partial charge in [0.2, 0.25) is 5.13 Å². The number of aliphatic carboxylic acids is 1. The second-order valence-electron chi connectivity index (χ2n) is 4.30. The molecule has 0 radical (unpaired) electrons. The average Bonchev–Trinajstić information content (AvgIpc) is 2.89. The van der Waals surface area contributed by atoms with Crippen molar-refractivity contribution in [1.82, 2.24) is 15.5 Å². The summed E-state index contributed by atoms with van der Waals surface area (Å²) < 4.78 is 0. The maximum absolute atomic E-state index is 11.7. The van der Waals surface area contributed by atoms with Gasteiger partial charge in [-0.1, -0.05) is 24.2 Å². The molecule has 1 saturated carbocycles. The van der Waals surface area contributed by atoms with Gasteiger partial charge in [-0.3, -0.25) is 5.32 Å². The van der Waals surface area contributed by atoms with E-state index in [1.165, 1.54) is 11.3 Å². The molecule has 1 fully saturated rings. The van der Waals surface area contributed by atoms with Crippen LogP contribution in [0.25, 0.3) is 0 Å². The Morgan fingerprint density at radius 2 is 2.00 bits per heavy atom. The Morgan fingerprint density at radius 3 is 2.50 bits per heavy atom. The lowest BCUT2D eigenvalue weighted by Gasteiger charge is -2.24. The summed E-state index contributed by atoms with van der Waals surface area (Å²) in [6, 6.07) is -0.546. The van der Waals surface area contributed by atoms with E-state index in [-0.39, 0.29) is 0 Å². The summed E-state index contributed by atoms with van der Waals surface area (Å²) in [4.78, 5) is 23.0. The quantitative estimate of drug-likeness (QED) is 0.769. The zero-order chi connectivity index (χ0) is 13.2. The molecular formula is C10H14N4O3S. The number of aromatic nitrogens is 2. The first-order valence-electron chi connectivity index (χ1n) is 5.64. The zero-order valence-electron chi connectivity index (χ0n) is 9.89. The molecule has 1 aliphatic rings. The number of anilines is 1. The van der Waals surface area contributed by atoms with Gasteiger partial charge in [-0.2, -0.15) is 0 Å². The minimum atomic E-state index is -1.14. The first kappa shape index (κ1) is 12.7. The molecule has 7 nitrogen and oxygen atoms in total. The number of aryl methyl sites for hydroxylation is 1. The van der Waals surface area contributed by atoms with Crippen LogP contribution >= 0.6 is 11.3 Å². The van der Waals surface area contributed by atoms with E-state index in [0.717, 1.165) is 17.8 Å². The van der Waals surface area contributed by atoms with Crippen molar-refractivity contribution < 1.29 is 14.7 Å². The molecule has 0 unspecified atom stereocenters. The van der Waals surface area contributed by atoms with Crippen molar-refractivity contribution in [2.45, 2.75) is 38.1 Å². The van der Waals surface area contributed by atoms with Crippen LogP contribution in [0.2, 0.25) is 0 Å². The van der Waals surface area contributed by atoms with Gasteiger partial charge in [0.15, 0.2) is 0 Å². The minimum Gasteiger partial charge on any atom is -0.480 e. The van der Waals surface area contributed by atoms with Crippen LogP contribution < -0.4 is 10.6 Å². The topological polar surface area (TPSA) is 104 Å². The zero-order valence-corrected chi connectivity index (χ0v) is 10.7. The van der Waals surface area contributed by atoms with Crippen LogP contribution in [0.4, 0.5) is 9.93 Å². The fourth-order valence-electron chi connectivity index (χ4n) is 2.06. The van der Waals surface area contributed by atoms with Crippen LogP contribution in [-0.4, -0.2) is 32.8 Å². The van der Waals surface area contributed by atoms with E-state index in [1.807, 2.05) is 0 Å². The summed E-state index contributed by atoms with van der Waals surface area (Å²) in [5.74, 6) is -0.983. The Morgan fingerprint density at radius 1 is 1.33 bits per heavy atom. The van der Waals surface area contributed by atoms with Crippen molar-refractivity contribution in [1.29, 1.82) is 0 Å². The molecular weight excluding hydrogens is 256 g/mol. The van der Waals surface area contributed by atoms with Gasteiger partial charge < -0.3 is 10.4 Å². The second kappa shape index (κ2) is 4.89. The van der Waals surface area contributed by atoms with Crippen LogP contribution in [0.1, 0.15) is 30.7 Å². The highest BCUT2D eigenvalue weighted by Crippen LogP contribution is 2.30. The minimum absolute atomic E-state index is 0.364. The van der Waals surface area contributed by atoms with E-state index in [9.17, 15) is 14.7 Å². The Bertz CT molecular complexity index is 467. The van der Waals surface area contributed by atoms with Gasteiger partial charge in [-0.05, 0) is 19.8 Å². The number of urea groups is 1. The number of rotatable bonds is 3. The van der Waals surface area contributed by atoms with Crippen LogP contribution in [0.15, 0.2) is 0 Å². The molecule has 0 saturated heterocycles. The molecule has 1 heterocycles. The van der Waals surface area contributed by atoms with E-state index in [2.05, 4.69) is 20.8 Å². The third kappa shape index (κ3) is 2.58. The predicted octanol–water partition coefficient (Wildman–Crippen LogP) is 1.37. The second-order valence-corrected chi connectivity index (χ2v) is 5.48. The van der Waals surface area contributed by atoms with E-state index in [4.69, 9.17) is 0 Å². The van der Waals surface area contributed by atoms with Gasteiger partial charge in [0, 0.05) is 0 Å². The number of nitrogens with zero attached hydrogens (tertiary/aromatic N) is 2. The maximum atomic E-state index is 11.7. The number of carboxylic acid groups (broad SMARTS) is 1. The fraction of sp³-hybridized carbons (Fsp3) is 0.600. The van der Waals surface area contributed by atoms with E-state index < -0.39 is 17.5 Å². The van der Waals surface area contributed by atoms with Gasteiger partial charge in [-0.25, -0.2) is 9.59 Å². The number of hydrogen-bond donors (Lipinski definition) is 3. The standard InChI is InChI=1S/C10H14N4O3S/c1-6-13-14-9(18-6)11-8(17)12-10(7(15)16)4-2-3-5-10/h2-5H2,1H3,(H,15,16)(H2,11,12,14,17). The maximum Gasteiger partial charge on any atom is 0.329 e. The van der Waals surface area contributed by atoms with E-state index in [0.29, 0.717) is 18.0 Å². The summed E-state index contributed by atoms with van der Waals surface area (Å²) in [6.07, 6.45) is 2.55. The van der Waals surface area contributed by atoms with Gasteiger partial charge in [-0.15, -0.1) is 10.2 Å². The third-order valence-corrected chi connectivity index (χ3v) is 3.72. The van der Waals surface area contributed by atoms with Crippen molar-refractivity contribution >= 4 is 28.5 Å². The fourth-order valence-corrected chi connectivity index (χ4v) is 2.65. The molecule has 18 heavy (non-hydrogen) atoms. The molecule has 1 aliphatic carbocycles. The molecule has 1 aromatic rings. The molecule has 3 N–H and O–H groups in total. The highest BCUT2D eigenvalue weighted by molar-refractivity contribution is 7.15. The normalized spacial score (nSPS) is 17.4. The largest absolute Gasteiger partial charge is 0.480 e. The third-order valence-electron chi connectivity index (χ3n) is 2.97.